The molecule has 2 aromatic rings. The summed E-state index contributed by atoms with van der Waals surface area (Å²) >= 11 is 7.09. The molecular weight excluding hydrogens is 286 g/mol. The molecule has 0 aromatic carbocycles. The average molecular weight is 296 g/mol. The third kappa shape index (κ3) is 2.45. The van der Waals surface area contributed by atoms with Crippen LogP contribution >= 0.6 is 22.9 Å². The Balaban J connectivity index is 2.44. The third-order valence-corrected chi connectivity index (χ3v) is 4.58. The number of aromatic nitrogens is 2. The number of rotatable bonds is 4. The second-order valence-electron chi connectivity index (χ2n) is 3.46. The Bertz CT molecular complexity index is 632. The fourth-order valence-corrected chi connectivity index (χ4v) is 3.85. The van der Waals surface area contributed by atoms with Gasteiger partial charge in [0.15, 0.2) is 15.1 Å². The van der Waals surface area contributed by atoms with E-state index < -0.39 is 16.1 Å². The van der Waals surface area contributed by atoms with Crippen LogP contribution < -0.4 is 4.72 Å². The van der Waals surface area contributed by atoms with Gasteiger partial charge in [0.2, 0.25) is 0 Å². The van der Waals surface area contributed by atoms with Gasteiger partial charge in [-0.2, -0.15) is 0 Å². The van der Waals surface area contributed by atoms with Crippen LogP contribution in [-0.2, 0) is 10.0 Å². The zero-order chi connectivity index (χ0) is 12.6. The van der Waals surface area contributed by atoms with Gasteiger partial charge in [-0.3, -0.25) is 4.40 Å². The molecule has 2 rings (SSSR count). The first kappa shape index (κ1) is 12.8. The summed E-state index contributed by atoms with van der Waals surface area (Å²) in [6, 6.07) is 0. The summed E-state index contributed by atoms with van der Waals surface area (Å²) < 4.78 is 27.6. The van der Waals surface area contributed by atoms with E-state index >= 15 is 0 Å². The molecule has 0 saturated carbocycles. The van der Waals surface area contributed by atoms with Gasteiger partial charge in [0, 0.05) is 18.1 Å². The zero-order valence-electron chi connectivity index (χ0n) is 8.79. The minimum absolute atomic E-state index is 0.0734. The molecule has 0 aliphatic carbocycles. The lowest BCUT2D eigenvalue weighted by Gasteiger charge is -2.07. The number of thiazole rings is 1. The number of fused-ring (bicyclic) bond motifs is 1. The largest absolute Gasteiger partial charge is 0.392 e. The minimum Gasteiger partial charge on any atom is -0.392 e. The number of hydrogen-bond acceptors (Lipinski definition) is 5. The van der Waals surface area contributed by atoms with Gasteiger partial charge in [-0.05, 0) is 6.92 Å². The van der Waals surface area contributed by atoms with Gasteiger partial charge in [0.1, 0.15) is 0 Å². The lowest BCUT2D eigenvalue weighted by molar-refractivity contribution is 0.198. The van der Waals surface area contributed by atoms with Crippen molar-refractivity contribution in [2.24, 2.45) is 0 Å². The Hall–Kier alpha value is -0.670. The Kier molecular flexibility index (Phi) is 3.41. The van der Waals surface area contributed by atoms with Gasteiger partial charge < -0.3 is 5.11 Å². The molecule has 9 heteroatoms. The van der Waals surface area contributed by atoms with Gasteiger partial charge in [-0.25, -0.2) is 18.1 Å². The summed E-state index contributed by atoms with van der Waals surface area (Å²) in [4.78, 5) is 4.44. The van der Waals surface area contributed by atoms with Crippen molar-refractivity contribution < 1.29 is 13.5 Å². The first-order valence-electron chi connectivity index (χ1n) is 4.70. The van der Waals surface area contributed by atoms with E-state index in [1.807, 2.05) is 0 Å². The highest BCUT2D eigenvalue weighted by atomic mass is 35.5. The lowest BCUT2D eigenvalue weighted by Crippen LogP contribution is -2.31. The summed E-state index contributed by atoms with van der Waals surface area (Å²) in [5.41, 5.74) is 0. The van der Waals surface area contributed by atoms with Crippen molar-refractivity contribution in [3.05, 3.63) is 16.7 Å². The standard InChI is InChI=1S/C8H10ClN3O3S2/c1-5(13)4-10-17(14,15)7-6(9)11-8-12(7)2-3-16-8/h2-3,5,10,13H,4H2,1H3/t5-/m1/s1. The monoisotopic (exact) mass is 295 g/mol. The van der Waals surface area contributed by atoms with E-state index in [4.69, 9.17) is 16.7 Å². The zero-order valence-corrected chi connectivity index (χ0v) is 11.2. The molecule has 2 N–H and O–H groups in total. The molecule has 0 spiro atoms. The smallest absolute Gasteiger partial charge is 0.259 e. The first-order chi connectivity index (χ1) is 7.92. The van der Waals surface area contributed by atoms with Gasteiger partial charge >= 0.3 is 0 Å². The minimum atomic E-state index is -3.77. The van der Waals surface area contributed by atoms with Crippen molar-refractivity contribution in [1.29, 1.82) is 0 Å². The van der Waals surface area contributed by atoms with E-state index in [2.05, 4.69) is 9.71 Å². The molecule has 2 aromatic heterocycles. The van der Waals surface area contributed by atoms with Crippen molar-refractivity contribution >= 4 is 37.9 Å². The maximum absolute atomic E-state index is 12.0. The van der Waals surface area contributed by atoms with Gasteiger partial charge in [-0.1, -0.05) is 11.6 Å². The lowest BCUT2D eigenvalue weighted by atomic mass is 10.4. The van der Waals surface area contributed by atoms with Crippen LogP contribution in [0.15, 0.2) is 16.6 Å². The Morgan fingerprint density at radius 1 is 1.71 bits per heavy atom. The maximum Gasteiger partial charge on any atom is 0.259 e. The molecule has 2 heterocycles. The normalized spacial score (nSPS) is 14.3. The van der Waals surface area contributed by atoms with Crippen LogP contribution in [0.3, 0.4) is 0 Å². The fourth-order valence-electron chi connectivity index (χ4n) is 1.28. The number of aliphatic hydroxyl groups is 1. The maximum atomic E-state index is 12.0. The third-order valence-electron chi connectivity index (χ3n) is 2.00. The summed E-state index contributed by atoms with van der Waals surface area (Å²) in [5, 5.41) is 10.6. The SMILES string of the molecule is C[C@@H](O)CNS(=O)(=O)c1c(Cl)nc2sccn12. The van der Waals surface area contributed by atoms with Crippen LogP contribution in [0.5, 0.6) is 0 Å². The average Bonchev–Trinajstić information content (AvgIpc) is 2.73. The van der Waals surface area contributed by atoms with E-state index in [0.717, 1.165) is 0 Å². The molecule has 0 radical (unpaired) electrons. The molecule has 94 valence electrons. The highest BCUT2D eigenvalue weighted by molar-refractivity contribution is 7.89. The molecule has 6 nitrogen and oxygen atoms in total. The molecular formula is C8H10ClN3O3S2. The molecule has 17 heavy (non-hydrogen) atoms. The van der Waals surface area contributed by atoms with Gasteiger partial charge in [-0.15, -0.1) is 11.3 Å². The van der Waals surface area contributed by atoms with E-state index in [1.54, 1.807) is 11.6 Å². The molecule has 0 aliphatic heterocycles. The van der Waals surface area contributed by atoms with E-state index in [9.17, 15) is 8.42 Å². The van der Waals surface area contributed by atoms with Crippen molar-refractivity contribution in [3.8, 4) is 0 Å². The second kappa shape index (κ2) is 4.54. The number of nitrogens with one attached hydrogen (secondary N) is 1. The van der Waals surface area contributed by atoms with Crippen LogP contribution in [0, 0.1) is 0 Å². The van der Waals surface area contributed by atoms with Crippen molar-refractivity contribution in [1.82, 2.24) is 14.1 Å². The molecule has 0 unspecified atom stereocenters. The molecule has 0 amide bonds. The molecule has 0 fully saturated rings. The number of halogens is 1. The topological polar surface area (TPSA) is 83.7 Å². The van der Waals surface area contributed by atoms with Crippen LogP contribution in [0.1, 0.15) is 6.92 Å². The Morgan fingerprint density at radius 2 is 2.41 bits per heavy atom. The van der Waals surface area contributed by atoms with E-state index in [0.29, 0.717) is 4.96 Å². The summed E-state index contributed by atoms with van der Waals surface area (Å²) in [6.07, 6.45) is 0.810. The van der Waals surface area contributed by atoms with Gasteiger partial charge in [0.05, 0.1) is 6.10 Å². The van der Waals surface area contributed by atoms with Crippen LogP contribution in [0.4, 0.5) is 0 Å². The number of aliphatic hydroxyl groups excluding tert-OH is 1. The Morgan fingerprint density at radius 3 is 3.06 bits per heavy atom. The predicted molar refractivity (Wildman–Crippen MR) is 64.9 cm³/mol. The van der Waals surface area contributed by atoms with Crippen molar-refractivity contribution in [3.63, 3.8) is 0 Å². The summed E-state index contributed by atoms with van der Waals surface area (Å²) in [7, 11) is -3.77. The van der Waals surface area contributed by atoms with Crippen LogP contribution in [-0.4, -0.2) is 35.6 Å². The van der Waals surface area contributed by atoms with Crippen molar-refractivity contribution in [2.75, 3.05) is 6.54 Å². The van der Waals surface area contributed by atoms with E-state index in [1.165, 1.54) is 22.7 Å². The fraction of sp³-hybridized carbons (Fsp3) is 0.375. The number of sulfonamides is 1. The van der Waals surface area contributed by atoms with E-state index in [-0.39, 0.29) is 16.7 Å². The molecule has 0 saturated heterocycles. The second-order valence-corrected chi connectivity index (χ2v) is 6.38. The summed E-state index contributed by atoms with van der Waals surface area (Å²) in [6.45, 7) is 1.41. The highest BCUT2D eigenvalue weighted by Gasteiger charge is 2.24. The molecule has 0 aliphatic rings. The Labute approximate surface area is 107 Å². The van der Waals surface area contributed by atoms with Crippen molar-refractivity contribution in [2.45, 2.75) is 18.1 Å². The highest BCUT2D eigenvalue weighted by Crippen LogP contribution is 2.24. The summed E-state index contributed by atoms with van der Waals surface area (Å²) in [5.74, 6) is 0. The molecule has 1 atom stereocenters. The number of imidazole rings is 1. The van der Waals surface area contributed by atoms with Crippen LogP contribution in [0.25, 0.3) is 4.96 Å². The quantitative estimate of drug-likeness (QED) is 0.870. The molecule has 0 bridgehead atoms. The number of nitrogens with zero attached hydrogens (tertiary/aromatic N) is 2. The predicted octanol–water partition coefficient (Wildman–Crippen LogP) is 0.708. The van der Waals surface area contributed by atoms with Gasteiger partial charge in [0.25, 0.3) is 10.0 Å². The van der Waals surface area contributed by atoms with Crippen LogP contribution in [0.2, 0.25) is 5.15 Å². The first-order valence-corrected chi connectivity index (χ1v) is 7.44. The number of hydrogen-bond donors (Lipinski definition) is 2.